The normalized spacial score (nSPS) is 13.8. The number of rotatable bonds is 7. The van der Waals surface area contributed by atoms with Gasteiger partial charge in [-0.15, -0.1) is 11.3 Å². The van der Waals surface area contributed by atoms with Crippen molar-refractivity contribution in [3.63, 3.8) is 0 Å². The van der Waals surface area contributed by atoms with Gasteiger partial charge in [0.1, 0.15) is 5.75 Å². The number of amides is 2. The molecule has 7 nitrogen and oxygen atoms in total. The second kappa shape index (κ2) is 10.1. The van der Waals surface area contributed by atoms with E-state index in [-0.39, 0.29) is 25.0 Å². The zero-order chi connectivity index (χ0) is 20.6. The molecule has 1 aliphatic heterocycles. The Morgan fingerprint density at radius 2 is 1.69 bits per heavy atom. The molecule has 0 saturated carbocycles. The van der Waals surface area contributed by atoms with Gasteiger partial charge in [-0.05, 0) is 29.5 Å². The van der Waals surface area contributed by atoms with Crippen LogP contribution in [0.3, 0.4) is 0 Å². The first-order valence-corrected chi connectivity index (χ1v) is 10.4. The molecule has 3 rings (SSSR count). The summed E-state index contributed by atoms with van der Waals surface area (Å²) in [5.74, 6) is -0.223. The molecule has 154 valence electrons. The molecule has 0 radical (unpaired) electrons. The van der Waals surface area contributed by atoms with E-state index >= 15 is 0 Å². The summed E-state index contributed by atoms with van der Waals surface area (Å²) < 4.78 is 10.6. The molecule has 1 saturated heterocycles. The smallest absolute Gasteiger partial charge is 0.344 e. The lowest BCUT2D eigenvalue weighted by Crippen LogP contribution is -2.51. The average molecular weight is 416 g/mol. The summed E-state index contributed by atoms with van der Waals surface area (Å²) in [7, 11) is 0. The van der Waals surface area contributed by atoms with Crippen molar-refractivity contribution in [3.8, 4) is 5.75 Å². The molecule has 2 heterocycles. The second-order valence-corrected chi connectivity index (χ2v) is 7.51. The number of esters is 1. The zero-order valence-electron chi connectivity index (χ0n) is 16.3. The van der Waals surface area contributed by atoms with Crippen LogP contribution in [0.2, 0.25) is 0 Å². The molecule has 2 aromatic rings. The number of nitrogens with zero attached hydrogens (tertiary/aromatic N) is 2. The van der Waals surface area contributed by atoms with Crippen molar-refractivity contribution in [3.05, 3.63) is 52.2 Å². The van der Waals surface area contributed by atoms with Gasteiger partial charge in [-0.3, -0.25) is 9.59 Å². The molecule has 0 bridgehead atoms. The Kier molecular flexibility index (Phi) is 7.24. The van der Waals surface area contributed by atoms with Gasteiger partial charge >= 0.3 is 5.97 Å². The topological polar surface area (TPSA) is 76.2 Å². The largest absolute Gasteiger partial charge is 0.482 e. The number of carbonyl (C=O) groups is 3. The van der Waals surface area contributed by atoms with E-state index in [1.807, 2.05) is 36.6 Å². The van der Waals surface area contributed by atoms with E-state index < -0.39 is 5.97 Å². The summed E-state index contributed by atoms with van der Waals surface area (Å²) in [6, 6.07) is 11.1. The van der Waals surface area contributed by atoms with Crippen LogP contribution in [0.25, 0.3) is 0 Å². The highest BCUT2D eigenvalue weighted by Gasteiger charge is 2.25. The molecular formula is C21H24N2O5S. The molecule has 0 spiro atoms. The van der Waals surface area contributed by atoms with Gasteiger partial charge < -0.3 is 19.3 Å². The van der Waals surface area contributed by atoms with E-state index in [4.69, 9.17) is 9.47 Å². The van der Waals surface area contributed by atoms with Crippen molar-refractivity contribution in [2.24, 2.45) is 0 Å². The number of ether oxygens (including phenoxy) is 2. The SMILES string of the molecule is CCc1ccccc1OCC(=O)OCC(=O)N1CCN(C(=O)c2cccs2)CC1. The molecule has 8 heteroatoms. The fourth-order valence-corrected chi connectivity index (χ4v) is 3.75. The van der Waals surface area contributed by atoms with Crippen molar-refractivity contribution in [2.75, 3.05) is 39.4 Å². The van der Waals surface area contributed by atoms with Gasteiger partial charge in [0.25, 0.3) is 11.8 Å². The number of piperazine rings is 1. The first-order valence-electron chi connectivity index (χ1n) is 9.55. The minimum atomic E-state index is -0.587. The maximum Gasteiger partial charge on any atom is 0.344 e. The van der Waals surface area contributed by atoms with E-state index in [2.05, 4.69) is 0 Å². The third-order valence-electron chi connectivity index (χ3n) is 4.71. The van der Waals surface area contributed by atoms with Crippen molar-refractivity contribution in [2.45, 2.75) is 13.3 Å². The van der Waals surface area contributed by atoms with E-state index in [9.17, 15) is 14.4 Å². The highest BCUT2D eigenvalue weighted by molar-refractivity contribution is 7.12. The van der Waals surface area contributed by atoms with Gasteiger partial charge in [-0.1, -0.05) is 31.2 Å². The summed E-state index contributed by atoms with van der Waals surface area (Å²) in [5, 5.41) is 1.87. The maximum absolute atomic E-state index is 12.3. The van der Waals surface area contributed by atoms with Crippen LogP contribution >= 0.6 is 11.3 Å². The lowest BCUT2D eigenvalue weighted by Gasteiger charge is -2.34. The highest BCUT2D eigenvalue weighted by atomic mass is 32.1. The number of benzene rings is 1. The Labute approximate surface area is 173 Å². The lowest BCUT2D eigenvalue weighted by molar-refractivity contribution is -0.154. The van der Waals surface area contributed by atoms with Gasteiger partial charge in [-0.2, -0.15) is 0 Å². The quantitative estimate of drug-likeness (QED) is 0.647. The number of carbonyl (C=O) groups excluding carboxylic acids is 3. The third-order valence-corrected chi connectivity index (χ3v) is 5.57. The van der Waals surface area contributed by atoms with Crippen molar-refractivity contribution >= 4 is 29.1 Å². The molecule has 0 aliphatic carbocycles. The number of hydrogen-bond acceptors (Lipinski definition) is 6. The van der Waals surface area contributed by atoms with Crippen LogP contribution in [0.15, 0.2) is 41.8 Å². The van der Waals surface area contributed by atoms with Crippen LogP contribution in [0.1, 0.15) is 22.2 Å². The summed E-state index contributed by atoms with van der Waals surface area (Å²) in [6.45, 7) is 3.22. The number of hydrogen-bond donors (Lipinski definition) is 0. The Morgan fingerprint density at radius 1 is 0.966 bits per heavy atom. The summed E-state index contributed by atoms with van der Waals surface area (Å²) in [6.07, 6.45) is 0.796. The minimum Gasteiger partial charge on any atom is -0.482 e. The van der Waals surface area contributed by atoms with Crippen LogP contribution in [0, 0.1) is 0 Å². The molecule has 2 amide bonds. The predicted octanol–water partition coefficient (Wildman–Crippen LogP) is 2.22. The summed E-state index contributed by atoms with van der Waals surface area (Å²) in [5.41, 5.74) is 1.01. The minimum absolute atomic E-state index is 0.0111. The van der Waals surface area contributed by atoms with E-state index in [0.717, 1.165) is 12.0 Å². The van der Waals surface area contributed by atoms with Crippen LogP contribution < -0.4 is 4.74 Å². The number of aryl methyl sites for hydroxylation is 1. The molecule has 1 aromatic carbocycles. The fourth-order valence-electron chi connectivity index (χ4n) is 3.06. The van der Waals surface area contributed by atoms with E-state index in [0.29, 0.717) is 36.8 Å². The number of para-hydroxylation sites is 1. The number of thiophene rings is 1. The maximum atomic E-state index is 12.3. The van der Waals surface area contributed by atoms with Gasteiger partial charge in [0.05, 0.1) is 4.88 Å². The lowest BCUT2D eigenvalue weighted by atomic mass is 10.1. The van der Waals surface area contributed by atoms with E-state index in [1.54, 1.807) is 21.9 Å². The highest BCUT2D eigenvalue weighted by Crippen LogP contribution is 2.18. The monoisotopic (exact) mass is 416 g/mol. The van der Waals surface area contributed by atoms with Crippen molar-refractivity contribution in [1.82, 2.24) is 9.80 Å². The van der Waals surface area contributed by atoms with Crippen LogP contribution in [0.4, 0.5) is 0 Å². The molecule has 1 aromatic heterocycles. The van der Waals surface area contributed by atoms with Crippen LogP contribution in [0.5, 0.6) is 5.75 Å². The molecular weight excluding hydrogens is 392 g/mol. The Bertz CT molecular complexity index is 845. The predicted molar refractivity (Wildman–Crippen MR) is 109 cm³/mol. The summed E-state index contributed by atoms with van der Waals surface area (Å²) in [4.78, 5) is 40.6. The molecule has 0 N–H and O–H groups in total. The molecule has 1 aliphatic rings. The third kappa shape index (κ3) is 5.57. The van der Waals surface area contributed by atoms with Gasteiger partial charge in [0.2, 0.25) is 0 Å². The fraction of sp³-hybridized carbons (Fsp3) is 0.381. The van der Waals surface area contributed by atoms with Gasteiger partial charge in [-0.25, -0.2) is 4.79 Å². The standard InChI is InChI=1S/C21H24N2O5S/c1-2-16-6-3-4-7-17(16)27-15-20(25)28-14-19(24)22-9-11-23(12-10-22)21(26)18-8-5-13-29-18/h3-8,13H,2,9-12,14-15H2,1H3. The van der Waals surface area contributed by atoms with E-state index in [1.165, 1.54) is 11.3 Å². The first kappa shape index (κ1) is 20.9. The molecule has 1 fully saturated rings. The van der Waals surface area contributed by atoms with Crippen LogP contribution in [-0.4, -0.2) is 67.0 Å². The summed E-state index contributed by atoms with van der Waals surface area (Å²) >= 11 is 1.41. The zero-order valence-corrected chi connectivity index (χ0v) is 17.2. The molecule has 0 unspecified atom stereocenters. The Hall–Kier alpha value is -2.87. The average Bonchev–Trinajstić information content (AvgIpc) is 3.30. The molecule has 0 atom stereocenters. The second-order valence-electron chi connectivity index (χ2n) is 6.56. The Morgan fingerprint density at radius 3 is 2.38 bits per heavy atom. The van der Waals surface area contributed by atoms with Gasteiger partial charge in [0, 0.05) is 26.2 Å². The Balaban J connectivity index is 1.38. The van der Waals surface area contributed by atoms with Crippen molar-refractivity contribution < 1.29 is 23.9 Å². The first-order chi connectivity index (χ1) is 14.1. The van der Waals surface area contributed by atoms with Gasteiger partial charge in [0.15, 0.2) is 13.2 Å². The van der Waals surface area contributed by atoms with Crippen molar-refractivity contribution in [1.29, 1.82) is 0 Å². The van der Waals surface area contributed by atoms with Crippen LogP contribution in [-0.2, 0) is 20.7 Å². The molecule has 29 heavy (non-hydrogen) atoms.